The van der Waals surface area contributed by atoms with Crippen LogP contribution in [0.2, 0.25) is 0 Å². The third-order valence-electron chi connectivity index (χ3n) is 1.35. The highest BCUT2D eigenvalue weighted by Crippen LogP contribution is 2.32. The molecule has 1 aromatic rings. The van der Waals surface area contributed by atoms with Crippen molar-refractivity contribution in [2.45, 2.75) is 5.92 Å². The molecule has 0 radical (unpaired) electrons. The summed E-state index contributed by atoms with van der Waals surface area (Å²) in [7, 11) is 0. The predicted molar refractivity (Wildman–Crippen MR) is 43.6 cm³/mol. The zero-order chi connectivity index (χ0) is 9.19. The van der Waals surface area contributed by atoms with Gasteiger partial charge in [0.1, 0.15) is 6.07 Å². The van der Waals surface area contributed by atoms with E-state index in [1.807, 2.05) is 0 Å². The maximum atomic E-state index is 12.8. The van der Waals surface area contributed by atoms with Crippen molar-refractivity contribution in [3.63, 3.8) is 0 Å². The SMILES string of the molecule is N#CC(F)(F)c1ccccc1Br. The van der Waals surface area contributed by atoms with E-state index in [0.717, 1.165) is 6.07 Å². The van der Waals surface area contributed by atoms with Crippen LogP contribution < -0.4 is 0 Å². The molecular weight excluding hydrogens is 228 g/mol. The molecule has 0 unspecified atom stereocenters. The lowest BCUT2D eigenvalue weighted by Crippen LogP contribution is -2.10. The lowest BCUT2D eigenvalue weighted by molar-refractivity contribution is 0.0605. The second-order valence-corrected chi connectivity index (χ2v) is 3.02. The van der Waals surface area contributed by atoms with Gasteiger partial charge in [-0.05, 0) is 6.07 Å². The van der Waals surface area contributed by atoms with E-state index in [4.69, 9.17) is 5.26 Å². The number of benzene rings is 1. The number of nitrogens with zero attached hydrogens (tertiary/aromatic N) is 1. The second-order valence-electron chi connectivity index (χ2n) is 2.17. The number of hydrogen-bond acceptors (Lipinski definition) is 1. The minimum absolute atomic E-state index is 0.247. The Balaban J connectivity index is 3.22. The molecule has 0 aliphatic heterocycles. The summed E-state index contributed by atoms with van der Waals surface area (Å²) in [6.45, 7) is 0. The van der Waals surface area contributed by atoms with E-state index in [0.29, 0.717) is 0 Å². The molecule has 0 aliphatic rings. The van der Waals surface area contributed by atoms with Gasteiger partial charge in [0.25, 0.3) is 0 Å². The molecule has 0 N–H and O–H groups in total. The third-order valence-corrected chi connectivity index (χ3v) is 2.04. The van der Waals surface area contributed by atoms with Gasteiger partial charge in [-0.25, -0.2) is 0 Å². The fourth-order valence-corrected chi connectivity index (χ4v) is 1.31. The van der Waals surface area contributed by atoms with Crippen LogP contribution in [-0.2, 0) is 5.92 Å². The van der Waals surface area contributed by atoms with Crippen molar-refractivity contribution >= 4 is 15.9 Å². The normalized spacial score (nSPS) is 10.8. The molecule has 1 rings (SSSR count). The number of hydrogen-bond donors (Lipinski definition) is 0. The molecule has 0 spiro atoms. The molecule has 0 saturated carbocycles. The number of rotatable bonds is 1. The Bertz CT molecular complexity index is 330. The topological polar surface area (TPSA) is 23.8 Å². The summed E-state index contributed by atoms with van der Waals surface area (Å²) in [6.07, 6.45) is 0. The molecule has 1 nitrogen and oxygen atoms in total. The molecule has 0 bridgehead atoms. The van der Waals surface area contributed by atoms with Crippen LogP contribution in [0.4, 0.5) is 8.78 Å². The van der Waals surface area contributed by atoms with Gasteiger partial charge in [0, 0.05) is 4.47 Å². The molecule has 0 aromatic heterocycles. The van der Waals surface area contributed by atoms with Crippen LogP contribution in [0.1, 0.15) is 5.56 Å². The Morgan fingerprint density at radius 1 is 1.33 bits per heavy atom. The lowest BCUT2D eigenvalue weighted by atomic mass is 10.1. The molecule has 0 aliphatic carbocycles. The molecule has 0 heterocycles. The van der Waals surface area contributed by atoms with Crippen molar-refractivity contribution in [2.24, 2.45) is 0 Å². The van der Waals surface area contributed by atoms with Gasteiger partial charge < -0.3 is 0 Å². The Morgan fingerprint density at radius 3 is 2.42 bits per heavy atom. The summed E-state index contributed by atoms with van der Waals surface area (Å²) in [5.41, 5.74) is -0.299. The van der Waals surface area contributed by atoms with Crippen molar-refractivity contribution in [2.75, 3.05) is 0 Å². The zero-order valence-electron chi connectivity index (χ0n) is 5.89. The molecule has 0 atom stereocenters. The minimum Gasteiger partial charge on any atom is -0.191 e. The first kappa shape index (κ1) is 9.14. The first-order chi connectivity index (χ1) is 5.58. The van der Waals surface area contributed by atoms with E-state index in [-0.39, 0.29) is 10.0 Å². The van der Waals surface area contributed by atoms with E-state index < -0.39 is 5.92 Å². The van der Waals surface area contributed by atoms with Crippen LogP contribution in [-0.4, -0.2) is 0 Å². The van der Waals surface area contributed by atoms with E-state index in [9.17, 15) is 8.78 Å². The van der Waals surface area contributed by atoms with Gasteiger partial charge >= 0.3 is 5.92 Å². The lowest BCUT2D eigenvalue weighted by Gasteiger charge is -2.08. The summed E-state index contributed by atoms with van der Waals surface area (Å²) in [5, 5.41) is 8.15. The van der Waals surface area contributed by atoms with Crippen molar-refractivity contribution in [1.29, 1.82) is 5.26 Å². The zero-order valence-corrected chi connectivity index (χ0v) is 7.48. The van der Waals surface area contributed by atoms with Crippen LogP contribution in [0.3, 0.4) is 0 Å². The molecule has 0 amide bonds. The van der Waals surface area contributed by atoms with Gasteiger partial charge in [-0.15, -0.1) is 0 Å². The first-order valence-corrected chi connectivity index (χ1v) is 3.91. The molecular formula is C8H4BrF2N. The van der Waals surface area contributed by atoms with Gasteiger partial charge in [0.05, 0.1) is 5.56 Å². The van der Waals surface area contributed by atoms with Crippen molar-refractivity contribution in [1.82, 2.24) is 0 Å². The van der Waals surface area contributed by atoms with Crippen molar-refractivity contribution in [3.8, 4) is 6.07 Å². The van der Waals surface area contributed by atoms with E-state index >= 15 is 0 Å². The summed E-state index contributed by atoms with van der Waals surface area (Å²) in [6, 6.07) is 6.70. The molecule has 0 saturated heterocycles. The average Bonchev–Trinajstić information content (AvgIpc) is 2.05. The Hall–Kier alpha value is -0.950. The van der Waals surface area contributed by atoms with Crippen LogP contribution in [0.25, 0.3) is 0 Å². The number of alkyl halides is 2. The smallest absolute Gasteiger partial charge is 0.191 e. The summed E-state index contributed by atoms with van der Waals surface area (Å²) in [5.74, 6) is -3.42. The Kier molecular flexibility index (Phi) is 2.43. The van der Waals surface area contributed by atoms with Gasteiger partial charge in [0.2, 0.25) is 0 Å². The third kappa shape index (κ3) is 1.62. The largest absolute Gasteiger partial charge is 0.358 e. The van der Waals surface area contributed by atoms with Crippen LogP contribution in [0.15, 0.2) is 28.7 Å². The van der Waals surface area contributed by atoms with Crippen molar-refractivity contribution in [3.05, 3.63) is 34.3 Å². The van der Waals surface area contributed by atoms with E-state index in [1.165, 1.54) is 18.2 Å². The monoisotopic (exact) mass is 231 g/mol. The second kappa shape index (κ2) is 3.20. The quantitative estimate of drug-likeness (QED) is 0.729. The maximum absolute atomic E-state index is 12.8. The van der Waals surface area contributed by atoms with Gasteiger partial charge in [-0.2, -0.15) is 14.0 Å². The standard InChI is InChI=1S/C8H4BrF2N/c9-7-4-2-1-3-6(7)8(10,11)5-12/h1-4H. The maximum Gasteiger partial charge on any atom is 0.358 e. The molecule has 12 heavy (non-hydrogen) atoms. The highest BCUT2D eigenvalue weighted by molar-refractivity contribution is 9.10. The Labute approximate surface area is 76.8 Å². The number of nitriles is 1. The minimum atomic E-state index is -3.42. The van der Waals surface area contributed by atoms with Crippen LogP contribution in [0.5, 0.6) is 0 Å². The molecule has 4 heteroatoms. The van der Waals surface area contributed by atoms with Gasteiger partial charge in [0.15, 0.2) is 0 Å². The molecule has 0 fully saturated rings. The number of halogens is 3. The highest BCUT2D eigenvalue weighted by Gasteiger charge is 2.32. The van der Waals surface area contributed by atoms with Crippen LogP contribution in [0, 0.1) is 11.3 Å². The first-order valence-electron chi connectivity index (χ1n) is 3.12. The van der Waals surface area contributed by atoms with Crippen molar-refractivity contribution < 1.29 is 8.78 Å². The van der Waals surface area contributed by atoms with E-state index in [1.54, 1.807) is 6.07 Å². The summed E-state index contributed by atoms with van der Waals surface area (Å²) < 4.78 is 25.8. The van der Waals surface area contributed by atoms with Crippen LogP contribution >= 0.6 is 15.9 Å². The summed E-state index contributed by atoms with van der Waals surface area (Å²) in [4.78, 5) is 0. The fraction of sp³-hybridized carbons (Fsp3) is 0.125. The van der Waals surface area contributed by atoms with Gasteiger partial charge in [-0.1, -0.05) is 34.1 Å². The molecule has 1 aromatic carbocycles. The predicted octanol–water partition coefficient (Wildman–Crippen LogP) is 3.06. The highest BCUT2D eigenvalue weighted by atomic mass is 79.9. The van der Waals surface area contributed by atoms with Gasteiger partial charge in [-0.3, -0.25) is 0 Å². The fourth-order valence-electron chi connectivity index (χ4n) is 0.776. The summed E-state index contributed by atoms with van der Waals surface area (Å²) >= 11 is 2.94. The van der Waals surface area contributed by atoms with E-state index in [2.05, 4.69) is 15.9 Å². The average molecular weight is 232 g/mol. The molecule has 62 valence electrons. The Morgan fingerprint density at radius 2 is 1.92 bits per heavy atom.